The zero-order valence-electron chi connectivity index (χ0n) is 23.5. The predicted octanol–water partition coefficient (Wildman–Crippen LogP) is 4.00. The molecule has 1 aliphatic heterocycles. The van der Waals surface area contributed by atoms with E-state index in [1.54, 1.807) is 38.1 Å². The van der Waals surface area contributed by atoms with Crippen molar-refractivity contribution in [3.63, 3.8) is 0 Å². The van der Waals surface area contributed by atoms with Gasteiger partial charge in [-0.15, -0.1) is 0 Å². The van der Waals surface area contributed by atoms with Crippen LogP contribution in [0.15, 0.2) is 16.8 Å². The molecule has 0 unspecified atom stereocenters. The Balaban J connectivity index is 1.58. The molecule has 39 heavy (non-hydrogen) atoms. The number of likely N-dealkylation sites (N-methyl/N-ethyl adjacent to an activating group) is 1. The number of amides is 3. The maximum atomic E-state index is 13.6. The third-order valence-electron chi connectivity index (χ3n) is 7.61. The molecule has 10 heteroatoms. The number of nitrogens with zero attached hydrogens (tertiary/aromatic N) is 4. The first-order chi connectivity index (χ1) is 18.7. The summed E-state index contributed by atoms with van der Waals surface area (Å²) in [6.07, 6.45) is 7.05. The lowest BCUT2D eigenvalue weighted by molar-refractivity contribution is 0.0356. The fourth-order valence-corrected chi connectivity index (χ4v) is 5.04. The highest BCUT2D eigenvalue weighted by Crippen LogP contribution is 2.28. The summed E-state index contributed by atoms with van der Waals surface area (Å²) in [4.78, 5) is 34.3. The second-order valence-electron chi connectivity index (χ2n) is 10.8. The van der Waals surface area contributed by atoms with Crippen molar-refractivity contribution in [2.45, 2.75) is 71.9 Å². The van der Waals surface area contributed by atoms with Crippen LogP contribution in [0, 0.1) is 37.5 Å². The number of rotatable bonds is 5. The molecular weight excluding hydrogens is 498 g/mol. The highest BCUT2D eigenvalue weighted by atomic mass is 16.5. The Labute approximate surface area is 230 Å². The van der Waals surface area contributed by atoms with Crippen molar-refractivity contribution >= 4 is 17.6 Å². The average Bonchev–Trinajstić information content (AvgIpc) is 3.25. The van der Waals surface area contributed by atoms with Crippen molar-refractivity contribution in [2.75, 3.05) is 32.1 Å². The molecule has 0 saturated heterocycles. The molecule has 3 heterocycles. The Kier molecular flexibility index (Phi) is 9.12. The fraction of sp³-hybridized carbons (Fsp3) is 0.586. The second kappa shape index (κ2) is 12.5. The summed E-state index contributed by atoms with van der Waals surface area (Å²) in [7, 11) is 1.68. The number of anilines is 1. The van der Waals surface area contributed by atoms with Gasteiger partial charge in [0.15, 0.2) is 5.76 Å². The molecule has 2 N–H and O–H groups in total. The highest BCUT2D eigenvalue weighted by Gasteiger charge is 2.35. The van der Waals surface area contributed by atoms with Crippen LogP contribution in [0.5, 0.6) is 5.88 Å². The van der Waals surface area contributed by atoms with Crippen LogP contribution >= 0.6 is 0 Å². The average molecular weight is 538 g/mol. The zero-order chi connectivity index (χ0) is 28.1. The molecule has 0 bridgehead atoms. The van der Waals surface area contributed by atoms with Gasteiger partial charge in [0, 0.05) is 37.2 Å². The normalized spacial score (nSPS) is 20.6. The van der Waals surface area contributed by atoms with Crippen LogP contribution in [-0.4, -0.2) is 75.9 Å². The van der Waals surface area contributed by atoms with Gasteiger partial charge in [0.25, 0.3) is 5.91 Å². The van der Waals surface area contributed by atoms with Crippen LogP contribution in [-0.2, 0) is 0 Å². The molecule has 210 valence electrons. The van der Waals surface area contributed by atoms with Crippen molar-refractivity contribution in [1.29, 1.82) is 0 Å². The van der Waals surface area contributed by atoms with Crippen LogP contribution in [0.2, 0.25) is 0 Å². The zero-order valence-corrected chi connectivity index (χ0v) is 23.5. The van der Waals surface area contributed by atoms with Gasteiger partial charge in [-0.2, -0.15) is 0 Å². The number of hydrogen-bond donors (Lipinski definition) is 2. The Bertz CT molecular complexity index is 1220. The Hall–Kier alpha value is -3.58. The summed E-state index contributed by atoms with van der Waals surface area (Å²) in [6.45, 7) is 7.69. The van der Waals surface area contributed by atoms with Gasteiger partial charge in [-0.3, -0.25) is 4.79 Å². The predicted molar refractivity (Wildman–Crippen MR) is 146 cm³/mol. The third-order valence-corrected chi connectivity index (χ3v) is 7.61. The molecule has 2 aromatic rings. The standard InChI is InChI=1S/C29H39N5O5/c1-18-15-34(19(2)17-35)28(36)24-13-23(12-11-22-9-7-6-8-10-22)14-30-27(24)38-25(18)16-33(5)29(37)31-26-20(3)32-39-21(26)4/h13-14,18-19,22,25,35H,6-10,15-17H2,1-5H3,(H,31,37)/t18-,19+,25-/m1/s1. The molecule has 3 atom stereocenters. The van der Waals surface area contributed by atoms with E-state index in [-0.39, 0.29) is 36.9 Å². The number of nitrogens with one attached hydrogen (secondary N) is 1. The quantitative estimate of drug-likeness (QED) is 0.553. The van der Waals surface area contributed by atoms with Crippen LogP contribution < -0.4 is 10.1 Å². The number of aliphatic hydroxyl groups is 1. The van der Waals surface area contributed by atoms with E-state index < -0.39 is 12.1 Å². The van der Waals surface area contributed by atoms with E-state index in [1.165, 1.54) is 24.2 Å². The van der Waals surface area contributed by atoms with Gasteiger partial charge in [0.05, 0.1) is 19.2 Å². The minimum Gasteiger partial charge on any atom is -0.472 e. The molecule has 0 aromatic carbocycles. The second-order valence-corrected chi connectivity index (χ2v) is 10.8. The number of aromatic nitrogens is 2. The van der Waals surface area contributed by atoms with Crippen LogP contribution in [0.4, 0.5) is 10.5 Å². The molecule has 10 nitrogen and oxygen atoms in total. The SMILES string of the molecule is Cc1noc(C)c1NC(=O)N(C)C[C@H]1Oc2ncc(C#CC3CCCCC3)cc2C(=O)N([C@@H](C)CO)C[C@H]1C. The summed E-state index contributed by atoms with van der Waals surface area (Å²) < 4.78 is 11.5. The van der Waals surface area contributed by atoms with E-state index in [0.29, 0.717) is 40.7 Å². The minimum absolute atomic E-state index is 0.155. The van der Waals surface area contributed by atoms with E-state index in [4.69, 9.17) is 9.26 Å². The number of ether oxygens (including phenoxy) is 1. The summed E-state index contributed by atoms with van der Waals surface area (Å²) in [5, 5.41) is 16.6. The van der Waals surface area contributed by atoms with Gasteiger partial charge in [-0.05, 0) is 39.7 Å². The van der Waals surface area contributed by atoms with Crippen LogP contribution in [0.25, 0.3) is 0 Å². The Morgan fingerprint density at radius 2 is 2.05 bits per heavy atom. The first kappa shape index (κ1) is 28.4. The lowest BCUT2D eigenvalue weighted by Crippen LogP contribution is -2.50. The summed E-state index contributed by atoms with van der Waals surface area (Å²) >= 11 is 0. The van der Waals surface area contributed by atoms with E-state index in [9.17, 15) is 14.7 Å². The van der Waals surface area contributed by atoms with Crippen molar-refractivity contribution < 1.29 is 24.0 Å². The van der Waals surface area contributed by atoms with E-state index in [1.807, 2.05) is 13.8 Å². The number of hydrogen-bond acceptors (Lipinski definition) is 7. The van der Waals surface area contributed by atoms with Crippen molar-refractivity contribution in [3.05, 3.63) is 34.8 Å². The van der Waals surface area contributed by atoms with E-state index in [0.717, 1.165) is 12.8 Å². The van der Waals surface area contributed by atoms with Gasteiger partial charge in [0.2, 0.25) is 5.88 Å². The number of carbonyl (C=O) groups is 2. The first-order valence-corrected chi connectivity index (χ1v) is 13.7. The largest absolute Gasteiger partial charge is 0.472 e. The fourth-order valence-electron chi connectivity index (χ4n) is 5.04. The summed E-state index contributed by atoms with van der Waals surface area (Å²) in [6, 6.07) is 1.00. The Morgan fingerprint density at radius 3 is 2.72 bits per heavy atom. The van der Waals surface area contributed by atoms with Gasteiger partial charge in [0.1, 0.15) is 23.0 Å². The molecule has 4 rings (SSSR count). The van der Waals surface area contributed by atoms with Crippen LogP contribution in [0.3, 0.4) is 0 Å². The number of aryl methyl sites for hydroxylation is 2. The lowest BCUT2D eigenvalue weighted by Gasteiger charge is -2.37. The third kappa shape index (κ3) is 6.71. The smallest absolute Gasteiger partial charge is 0.321 e. The molecule has 2 aliphatic rings. The summed E-state index contributed by atoms with van der Waals surface area (Å²) in [5.74, 6) is 7.26. The Morgan fingerprint density at radius 1 is 1.31 bits per heavy atom. The van der Waals surface area contributed by atoms with Gasteiger partial charge >= 0.3 is 6.03 Å². The van der Waals surface area contributed by atoms with E-state index >= 15 is 0 Å². The van der Waals surface area contributed by atoms with Crippen molar-refractivity contribution in [2.24, 2.45) is 11.8 Å². The lowest BCUT2D eigenvalue weighted by atomic mass is 9.90. The van der Waals surface area contributed by atoms with E-state index in [2.05, 4.69) is 27.3 Å². The maximum Gasteiger partial charge on any atom is 0.321 e. The van der Waals surface area contributed by atoms with Crippen molar-refractivity contribution in [1.82, 2.24) is 19.9 Å². The number of carbonyl (C=O) groups excluding carboxylic acids is 2. The number of urea groups is 1. The minimum atomic E-state index is -0.461. The van der Waals surface area contributed by atoms with Crippen LogP contribution in [0.1, 0.15) is 73.3 Å². The monoisotopic (exact) mass is 537 g/mol. The molecule has 0 radical (unpaired) electrons. The first-order valence-electron chi connectivity index (χ1n) is 13.7. The van der Waals surface area contributed by atoms with Gasteiger partial charge in [-0.1, -0.05) is 43.2 Å². The number of pyridine rings is 1. The summed E-state index contributed by atoms with van der Waals surface area (Å²) in [5.41, 5.74) is 2.11. The van der Waals surface area contributed by atoms with Crippen molar-refractivity contribution in [3.8, 4) is 17.7 Å². The molecule has 0 spiro atoms. The molecule has 1 saturated carbocycles. The molecule has 1 fully saturated rings. The molecule has 3 amide bonds. The maximum absolute atomic E-state index is 13.6. The molecule has 2 aromatic heterocycles. The highest BCUT2D eigenvalue weighted by molar-refractivity contribution is 5.97. The number of fused-ring (bicyclic) bond motifs is 1. The van der Waals surface area contributed by atoms with Gasteiger partial charge in [-0.25, -0.2) is 9.78 Å². The topological polar surface area (TPSA) is 121 Å². The van der Waals surface area contributed by atoms with Gasteiger partial charge < -0.3 is 29.5 Å². The molecule has 1 aliphatic carbocycles. The number of aliphatic hydroxyl groups excluding tert-OH is 1. The molecular formula is C29H39N5O5.